The van der Waals surface area contributed by atoms with Crippen molar-refractivity contribution >= 4 is 53.4 Å². The third-order valence-corrected chi connectivity index (χ3v) is 16.1. The van der Waals surface area contributed by atoms with Crippen LogP contribution in [0.3, 0.4) is 0 Å². The lowest BCUT2D eigenvalue weighted by Gasteiger charge is -2.61. The van der Waals surface area contributed by atoms with Crippen molar-refractivity contribution < 1.29 is 4.42 Å². The summed E-state index contributed by atoms with van der Waals surface area (Å²) >= 11 is 1.88. The summed E-state index contributed by atoms with van der Waals surface area (Å²) in [5.41, 5.74) is 13.3. The third-order valence-electron chi connectivity index (χ3n) is 14.9. The second-order valence-electron chi connectivity index (χ2n) is 17.9. The Morgan fingerprint density at radius 1 is 0.450 bits per heavy atom. The summed E-state index contributed by atoms with van der Waals surface area (Å²) in [6, 6.07) is 54.8. The number of hydrogen-bond donors (Lipinski definition) is 0. The SMILES string of the molecule is c1ccc(-c2nc(-c3ccc(-c4cccc5oc6ccccc6c45)cc3)nc(-c3cccc4c3sc3ccc5c(c34)-c3ccccc3C53C4CC5CC(C4)CC3C5)n2)cc1. The van der Waals surface area contributed by atoms with E-state index >= 15 is 0 Å². The van der Waals surface area contributed by atoms with Crippen LogP contribution in [-0.4, -0.2) is 15.0 Å². The maximum Gasteiger partial charge on any atom is 0.165 e. The first-order chi connectivity index (χ1) is 29.7. The van der Waals surface area contributed by atoms with Crippen LogP contribution < -0.4 is 0 Å². The number of hydrogen-bond acceptors (Lipinski definition) is 5. The van der Waals surface area contributed by atoms with Crippen LogP contribution in [0.25, 0.3) is 98.5 Å². The number of fused-ring (bicyclic) bond motifs is 10. The van der Waals surface area contributed by atoms with E-state index in [-0.39, 0.29) is 5.41 Å². The topological polar surface area (TPSA) is 51.8 Å². The largest absolute Gasteiger partial charge is 0.456 e. The van der Waals surface area contributed by atoms with Crippen molar-refractivity contribution in [3.05, 3.63) is 163 Å². The van der Waals surface area contributed by atoms with Crippen molar-refractivity contribution in [1.29, 1.82) is 0 Å². The van der Waals surface area contributed by atoms with E-state index in [1.54, 1.807) is 11.1 Å². The molecule has 286 valence electrons. The molecule has 15 rings (SSSR count). The smallest absolute Gasteiger partial charge is 0.165 e. The summed E-state index contributed by atoms with van der Waals surface area (Å²) in [5.74, 6) is 5.35. The molecule has 0 radical (unpaired) electrons. The van der Waals surface area contributed by atoms with E-state index in [0.29, 0.717) is 17.5 Å². The quantitative estimate of drug-likeness (QED) is 0.178. The lowest BCUT2D eigenvalue weighted by atomic mass is 9.43. The standard InChI is InChI=1S/C55H39N3OS/c1-2-10-34(11-3-1)52-56-53(35-22-20-33(21-23-35)38-14-9-19-46-48(38)40-13-5-7-18-45(40)59-46)58-54(57-52)42-16-8-15-41-50-47(60-51(41)42)25-24-44-49(50)39-12-4-6-17-43(39)55(44)36-27-31-26-32(29-36)30-37(55)28-31/h1-25,31-32,36-37H,26-30H2. The minimum atomic E-state index is 0.140. The van der Waals surface area contributed by atoms with Crippen molar-refractivity contribution in [1.82, 2.24) is 15.0 Å². The summed E-state index contributed by atoms with van der Waals surface area (Å²) in [7, 11) is 0. The van der Waals surface area contributed by atoms with Gasteiger partial charge < -0.3 is 4.42 Å². The molecular formula is C55H39N3OS. The van der Waals surface area contributed by atoms with Gasteiger partial charge >= 0.3 is 0 Å². The van der Waals surface area contributed by atoms with E-state index in [0.717, 1.165) is 73.4 Å². The van der Waals surface area contributed by atoms with Gasteiger partial charge in [0.2, 0.25) is 0 Å². The Morgan fingerprint density at radius 2 is 1.07 bits per heavy atom. The van der Waals surface area contributed by atoms with Crippen LogP contribution in [-0.2, 0) is 5.41 Å². The van der Waals surface area contributed by atoms with E-state index in [2.05, 4.69) is 127 Å². The molecule has 5 aliphatic rings. The van der Waals surface area contributed by atoms with Gasteiger partial charge in [0.25, 0.3) is 0 Å². The summed E-state index contributed by atoms with van der Waals surface area (Å²) in [5, 5.41) is 4.96. The molecule has 4 nitrogen and oxygen atoms in total. The predicted molar refractivity (Wildman–Crippen MR) is 245 cm³/mol. The molecule has 3 aromatic heterocycles. The van der Waals surface area contributed by atoms with Crippen molar-refractivity contribution in [2.75, 3.05) is 0 Å². The molecule has 5 aliphatic carbocycles. The molecule has 1 spiro atoms. The van der Waals surface area contributed by atoms with E-state index in [1.807, 2.05) is 35.6 Å². The normalized spacial score (nSPS) is 22.4. The van der Waals surface area contributed by atoms with E-state index in [9.17, 15) is 0 Å². The average Bonchev–Trinajstić information content (AvgIpc) is 3.97. The third kappa shape index (κ3) is 4.53. The van der Waals surface area contributed by atoms with Crippen molar-refractivity contribution in [3.8, 4) is 56.4 Å². The van der Waals surface area contributed by atoms with E-state index in [1.165, 1.54) is 63.4 Å². The first kappa shape index (κ1) is 33.4. The molecule has 0 N–H and O–H groups in total. The Balaban J connectivity index is 0.934. The van der Waals surface area contributed by atoms with E-state index in [4.69, 9.17) is 19.4 Å². The zero-order valence-electron chi connectivity index (χ0n) is 32.9. The van der Waals surface area contributed by atoms with Gasteiger partial charge in [0.1, 0.15) is 11.2 Å². The molecule has 4 bridgehead atoms. The monoisotopic (exact) mass is 789 g/mol. The van der Waals surface area contributed by atoms with Crippen molar-refractivity contribution in [2.24, 2.45) is 23.7 Å². The second-order valence-corrected chi connectivity index (χ2v) is 18.9. The Kier molecular flexibility index (Phi) is 6.85. The van der Waals surface area contributed by atoms with Crippen LogP contribution in [0.4, 0.5) is 0 Å². The molecule has 3 heterocycles. The molecule has 5 heteroatoms. The Labute approximate surface area is 351 Å². The molecule has 0 atom stereocenters. The molecule has 0 amide bonds. The zero-order chi connectivity index (χ0) is 39.1. The van der Waals surface area contributed by atoms with Crippen LogP contribution >= 0.6 is 11.3 Å². The molecule has 0 unspecified atom stereocenters. The first-order valence-electron chi connectivity index (χ1n) is 21.6. The number of aromatic nitrogens is 3. The number of benzene rings is 7. The van der Waals surface area contributed by atoms with Gasteiger partial charge in [-0.3, -0.25) is 0 Å². The molecule has 60 heavy (non-hydrogen) atoms. The number of nitrogens with zero attached hydrogens (tertiary/aromatic N) is 3. The average molecular weight is 790 g/mol. The number of furan rings is 1. The van der Waals surface area contributed by atoms with Crippen LogP contribution in [0.15, 0.2) is 156 Å². The fourth-order valence-electron chi connectivity index (χ4n) is 12.9. The Morgan fingerprint density at radius 3 is 1.88 bits per heavy atom. The molecule has 7 aromatic carbocycles. The number of thiophene rings is 1. The van der Waals surface area contributed by atoms with Gasteiger partial charge in [-0.1, -0.05) is 127 Å². The van der Waals surface area contributed by atoms with Crippen molar-refractivity contribution in [2.45, 2.75) is 37.5 Å². The molecule has 0 saturated heterocycles. The summed E-state index contributed by atoms with van der Waals surface area (Å²) in [4.78, 5) is 15.7. The second kappa shape index (κ2) is 12.3. The van der Waals surface area contributed by atoms with Crippen LogP contribution in [0, 0.1) is 23.7 Å². The minimum absolute atomic E-state index is 0.140. The Bertz CT molecular complexity index is 3370. The number of para-hydroxylation sites is 1. The fourth-order valence-corrected chi connectivity index (χ4v) is 14.1. The lowest BCUT2D eigenvalue weighted by molar-refractivity contribution is -0.0399. The van der Waals surface area contributed by atoms with Gasteiger partial charge in [-0.05, 0) is 113 Å². The first-order valence-corrected chi connectivity index (χ1v) is 22.4. The molecule has 4 saturated carbocycles. The highest BCUT2D eigenvalue weighted by Gasteiger charge is 2.61. The lowest BCUT2D eigenvalue weighted by Crippen LogP contribution is -2.55. The van der Waals surface area contributed by atoms with Gasteiger partial charge in [0, 0.05) is 53.1 Å². The molecular weight excluding hydrogens is 751 g/mol. The van der Waals surface area contributed by atoms with Gasteiger partial charge in [-0.25, -0.2) is 15.0 Å². The summed E-state index contributed by atoms with van der Waals surface area (Å²) in [6.07, 6.45) is 7.02. The highest BCUT2D eigenvalue weighted by Crippen LogP contribution is 2.70. The predicted octanol–water partition coefficient (Wildman–Crippen LogP) is 14.5. The Hall–Kier alpha value is -6.43. The molecule has 10 aromatic rings. The fraction of sp³-hybridized carbons (Fsp3) is 0.182. The zero-order valence-corrected chi connectivity index (χ0v) is 33.8. The van der Waals surface area contributed by atoms with Crippen LogP contribution in [0.1, 0.15) is 43.2 Å². The van der Waals surface area contributed by atoms with Gasteiger partial charge in [0.15, 0.2) is 17.5 Å². The molecule has 4 fully saturated rings. The maximum atomic E-state index is 6.23. The minimum Gasteiger partial charge on any atom is -0.456 e. The van der Waals surface area contributed by atoms with Gasteiger partial charge in [0.05, 0.1) is 0 Å². The maximum absolute atomic E-state index is 6.23. The highest BCUT2D eigenvalue weighted by atomic mass is 32.1. The highest BCUT2D eigenvalue weighted by molar-refractivity contribution is 7.26. The van der Waals surface area contributed by atoms with Gasteiger partial charge in [-0.15, -0.1) is 11.3 Å². The van der Waals surface area contributed by atoms with Crippen molar-refractivity contribution in [3.63, 3.8) is 0 Å². The number of rotatable bonds is 4. The van der Waals surface area contributed by atoms with Crippen LogP contribution in [0.2, 0.25) is 0 Å². The summed E-state index contributed by atoms with van der Waals surface area (Å²) < 4.78 is 8.79. The molecule has 0 aliphatic heterocycles. The summed E-state index contributed by atoms with van der Waals surface area (Å²) in [6.45, 7) is 0. The van der Waals surface area contributed by atoms with E-state index < -0.39 is 0 Å². The van der Waals surface area contributed by atoms with Gasteiger partial charge in [-0.2, -0.15) is 0 Å². The van der Waals surface area contributed by atoms with Crippen LogP contribution in [0.5, 0.6) is 0 Å².